The normalized spacial score (nSPS) is 10.7. The van der Waals surface area contributed by atoms with Crippen LogP contribution < -0.4 is 0 Å². The van der Waals surface area contributed by atoms with Crippen LogP contribution in [0.1, 0.15) is 11.5 Å². The van der Waals surface area contributed by atoms with Crippen molar-refractivity contribution in [2.45, 2.75) is 13.5 Å². The molecule has 0 atom stereocenters. The van der Waals surface area contributed by atoms with E-state index in [1.807, 2.05) is 29.3 Å². The van der Waals surface area contributed by atoms with Crippen molar-refractivity contribution < 1.29 is 0 Å². The average molecular weight is 209 g/mol. The summed E-state index contributed by atoms with van der Waals surface area (Å²) >= 11 is 5.14. The van der Waals surface area contributed by atoms with Crippen molar-refractivity contribution in [3.63, 3.8) is 0 Å². The molecule has 1 N–H and O–H groups in total. The minimum absolute atomic E-state index is 0.652. The maximum absolute atomic E-state index is 5.14. The molecule has 0 saturated heterocycles. The van der Waals surface area contributed by atoms with E-state index in [9.17, 15) is 0 Å². The molecule has 0 aliphatic rings. The van der Waals surface area contributed by atoms with Crippen LogP contribution in [0.3, 0.4) is 0 Å². The average Bonchev–Trinajstić information content (AvgIpc) is 2.62. The number of imidazole rings is 1. The topological polar surface area (TPSA) is 51.4 Å². The van der Waals surface area contributed by atoms with Gasteiger partial charge in [0.05, 0.1) is 6.54 Å². The van der Waals surface area contributed by atoms with Gasteiger partial charge in [0.1, 0.15) is 6.33 Å². The number of H-pyrrole nitrogens is 1. The Hall–Kier alpha value is -1.43. The van der Waals surface area contributed by atoms with E-state index in [1.54, 1.807) is 6.33 Å². The number of aryl methyl sites for hydroxylation is 2. The lowest BCUT2D eigenvalue weighted by atomic mass is 10.5. The van der Waals surface area contributed by atoms with Gasteiger partial charge in [-0.05, 0) is 19.1 Å². The van der Waals surface area contributed by atoms with Crippen molar-refractivity contribution in [3.05, 3.63) is 28.8 Å². The zero-order chi connectivity index (χ0) is 10.1. The second-order valence-corrected chi connectivity index (χ2v) is 3.61. The summed E-state index contributed by atoms with van der Waals surface area (Å²) in [5.74, 6) is 0.889. The van der Waals surface area contributed by atoms with E-state index >= 15 is 0 Å². The number of hydrogen-bond donors (Lipinski definition) is 1. The lowest BCUT2D eigenvalue weighted by molar-refractivity contribution is 0.690. The largest absolute Gasteiger partial charge is 0.335 e. The molecule has 0 saturated carbocycles. The molecular weight excluding hydrogens is 198 g/mol. The SMILES string of the molecule is Cc1cn(Cc2nncn2C)c(=S)[nH]1. The van der Waals surface area contributed by atoms with Gasteiger partial charge >= 0.3 is 0 Å². The molecule has 74 valence electrons. The zero-order valence-electron chi connectivity index (χ0n) is 8.06. The quantitative estimate of drug-likeness (QED) is 0.752. The Bertz CT molecular complexity index is 492. The Kier molecular flexibility index (Phi) is 2.20. The first kappa shape index (κ1) is 9.14. The highest BCUT2D eigenvalue weighted by molar-refractivity contribution is 7.71. The van der Waals surface area contributed by atoms with Gasteiger partial charge < -0.3 is 14.1 Å². The van der Waals surface area contributed by atoms with Crippen LogP contribution in [-0.4, -0.2) is 24.3 Å². The Morgan fingerprint density at radius 2 is 2.36 bits per heavy atom. The molecule has 2 heterocycles. The van der Waals surface area contributed by atoms with Gasteiger partial charge in [0.15, 0.2) is 10.6 Å². The molecule has 0 spiro atoms. The van der Waals surface area contributed by atoms with Crippen molar-refractivity contribution in [2.75, 3.05) is 0 Å². The van der Waals surface area contributed by atoms with E-state index in [0.29, 0.717) is 11.3 Å². The van der Waals surface area contributed by atoms with Gasteiger partial charge in [-0.15, -0.1) is 10.2 Å². The minimum Gasteiger partial charge on any atom is -0.335 e. The molecular formula is C8H11N5S. The summed E-state index contributed by atoms with van der Waals surface area (Å²) in [5.41, 5.74) is 1.05. The van der Waals surface area contributed by atoms with Gasteiger partial charge in [-0.1, -0.05) is 0 Å². The molecule has 0 fully saturated rings. The Balaban J connectivity index is 2.31. The van der Waals surface area contributed by atoms with Crippen LogP contribution >= 0.6 is 12.2 Å². The summed E-state index contributed by atoms with van der Waals surface area (Å²) in [4.78, 5) is 3.06. The van der Waals surface area contributed by atoms with Gasteiger partial charge in [-0.3, -0.25) is 0 Å². The highest BCUT2D eigenvalue weighted by atomic mass is 32.1. The predicted octanol–water partition coefficient (Wildman–Crippen LogP) is 1.03. The Morgan fingerprint density at radius 3 is 2.86 bits per heavy atom. The maximum atomic E-state index is 5.14. The van der Waals surface area contributed by atoms with Gasteiger partial charge in [0, 0.05) is 18.9 Å². The molecule has 2 rings (SSSR count). The molecule has 2 aromatic heterocycles. The number of nitrogens with one attached hydrogen (secondary N) is 1. The monoisotopic (exact) mass is 209 g/mol. The molecule has 0 amide bonds. The minimum atomic E-state index is 0.652. The van der Waals surface area contributed by atoms with Gasteiger partial charge in [-0.25, -0.2) is 0 Å². The molecule has 2 aromatic rings. The number of nitrogens with zero attached hydrogens (tertiary/aromatic N) is 4. The van der Waals surface area contributed by atoms with Gasteiger partial charge in [-0.2, -0.15) is 0 Å². The fourth-order valence-electron chi connectivity index (χ4n) is 1.29. The first-order chi connectivity index (χ1) is 6.66. The van der Waals surface area contributed by atoms with Crippen molar-refractivity contribution >= 4 is 12.2 Å². The molecule has 14 heavy (non-hydrogen) atoms. The summed E-state index contributed by atoms with van der Waals surface area (Å²) in [6.07, 6.45) is 3.65. The summed E-state index contributed by atoms with van der Waals surface area (Å²) in [5, 5.41) is 7.80. The van der Waals surface area contributed by atoms with Crippen LogP contribution in [0, 0.1) is 11.7 Å². The van der Waals surface area contributed by atoms with E-state index in [4.69, 9.17) is 12.2 Å². The summed E-state index contributed by atoms with van der Waals surface area (Å²) < 4.78 is 4.53. The molecule has 0 aromatic carbocycles. The lowest BCUT2D eigenvalue weighted by Gasteiger charge is -2.00. The predicted molar refractivity (Wildman–Crippen MR) is 54.5 cm³/mol. The fraction of sp³-hybridized carbons (Fsp3) is 0.375. The van der Waals surface area contributed by atoms with Crippen LogP contribution in [0.4, 0.5) is 0 Å². The van der Waals surface area contributed by atoms with Crippen molar-refractivity contribution in [1.29, 1.82) is 0 Å². The molecule has 0 radical (unpaired) electrons. The first-order valence-corrected chi connectivity index (χ1v) is 4.66. The van der Waals surface area contributed by atoms with E-state index in [0.717, 1.165) is 11.5 Å². The summed E-state index contributed by atoms with van der Waals surface area (Å²) in [6, 6.07) is 0. The fourth-order valence-corrected chi connectivity index (χ4v) is 1.56. The zero-order valence-corrected chi connectivity index (χ0v) is 8.88. The molecule has 5 nitrogen and oxygen atoms in total. The van der Waals surface area contributed by atoms with E-state index in [-0.39, 0.29) is 0 Å². The smallest absolute Gasteiger partial charge is 0.177 e. The van der Waals surface area contributed by atoms with Crippen LogP contribution in [0.5, 0.6) is 0 Å². The molecule has 6 heteroatoms. The lowest BCUT2D eigenvalue weighted by Crippen LogP contribution is -2.04. The van der Waals surface area contributed by atoms with Crippen LogP contribution in [0.25, 0.3) is 0 Å². The first-order valence-electron chi connectivity index (χ1n) is 4.26. The Morgan fingerprint density at radius 1 is 1.57 bits per heavy atom. The van der Waals surface area contributed by atoms with Crippen LogP contribution in [-0.2, 0) is 13.6 Å². The molecule has 0 unspecified atom stereocenters. The standard InChI is InChI=1S/C8H11N5S/c1-6-3-13(8(14)10-6)4-7-11-9-5-12(7)2/h3,5H,4H2,1-2H3,(H,10,14). The Labute approximate surface area is 86.4 Å². The number of rotatable bonds is 2. The molecule has 0 aliphatic carbocycles. The van der Waals surface area contributed by atoms with E-state index in [2.05, 4.69) is 15.2 Å². The highest BCUT2D eigenvalue weighted by Gasteiger charge is 2.03. The van der Waals surface area contributed by atoms with E-state index in [1.165, 1.54) is 0 Å². The van der Waals surface area contributed by atoms with Crippen molar-refractivity contribution in [1.82, 2.24) is 24.3 Å². The van der Waals surface area contributed by atoms with Crippen molar-refractivity contribution in [3.8, 4) is 0 Å². The number of aromatic nitrogens is 5. The third-order valence-corrected chi connectivity index (χ3v) is 2.37. The number of hydrogen-bond acceptors (Lipinski definition) is 3. The third-order valence-electron chi connectivity index (χ3n) is 2.03. The summed E-state index contributed by atoms with van der Waals surface area (Å²) in [6.45, 7) is 2.63. The van der Waals surface area contributed by atoms with Gasteiger partial charge in [0.2, 0.25) is 0 Å². The van der Waals surface area contributed by atoms with Crippen LogP contribution in [0.2, 0.25) is 0 Å². The van der Waals surface area contributed by atoms with Crippen LogP contribution in [0.15, 0.2) is 12.5 Å². The molecule has 0 aliphatic heterocycles. The van der Waals surface area contributed by atoms with Gasteiger partial charge in [0.25, 0.3) is 0 Å². The third kappa shape index (κ3) is 1.60. The van der Waals surface area contributed by atoms with E-state index < -0.39 is 0 Å². The van der Waals surface area contributed by atoms with Crippen molar-refractivity contribution in [2.24, 2.45) is 7.05 Å². The number of aromatic amines is 1. The second-order valence-electron chi connectivity index (χ2n) is 3.23. The summed E-state index contributed by atoms with van der Waals surface area (Å²) in [7, 11) is 1.92. The maximum Gasteiger partial charge on any atom is 0.177 e. The highest BCUT2D eigenvalue weighted by Crippen LogP contribution is 2.01. The second kappa shape index (κ2) is 3.38. The molecule has 0 bridgehead atoms.